The van der Waals surface area contributed by atoms with Crippen molar-refractivity contribution in [1.29, 1.82) is 0 Å². The Morgan fingerprint density at radius 2 is 1.71 bits per heavy atom. The van der Waals surface area contributed by atoms with E-state index < -0.39 is 6.04 Å². The van der Waals surface area contributed by atoms with E-state index in [1.807, 2.05) is 68.4 Å². The van der Waals surface area contributed by atoms with Crippen LogP contribution in [0.3, 0.4) is 0 Å². The quantitative estimate of drug-likeness (QED) is 0.497. The van der Waals surface area contributed by atoms with E-state index in [9.17, 15) is 9.59 Å². The molecule has 0 radical (unpaired) electrons. The van der Waals surface area contributed by atoms with E-state index >= 15 is 0 Å². The first kappa shape index (κ1) is 24.4. The van der Waals surface area contributed by atoms with Crippen LogP contribution >= 0.6 is 0 Å². The van der Waals surface area contributed by atoms with Crippen LogP contribution < -0.4 is 10.1 Å². The Kier molecular flexibility index (Phi) is 10.6. The zero-order chi connectivity index (χ0) is 22.5. The van der Waals surface area contributed by atoms with Crippen molar-refractivity contribution in [2.45, 2.75) is 45.7 Å². The Morgan fingerprint density at radius 1 is 1.00 bits per heavy atom. The molecule has 0 heterocycles. The highest BCUT2D eigenvalue weighted by Gasteiger charge is 2.29. The molecule has 2 rings (SSSR count). The van der Waals surface area contributed by atoms with Crippen LogP contribution in [0, 0.1) is 0 Å². The van der Waals surface area contributed by atoms with E-state index in [2.05, 4.69) is 5.32 Å². The molecular formula is C25H34N2O4. The molecule has 2 aromatic carbocycles. The number of benzene rings is 2. The summed E-state index contributed by atoms with van der Waals surface area (Å²) in [4.78, 5) is 27.7. The van der Waals surface area contributed by atoms with Crippen LogP contribution in [-0.4, -0.2) is 49.6 Å². The van der Waals surface area contributed by atoms with Gasteiger partial charge in [-0.3, -0.25) is 9.59 Å². The summed E-state index contributed by atoms with van der Waals surface area (Å²) in [6.45, 7) is 5.90. The van der Waals surface area contributed by atoms with Gasteiger partial charge in [-0.1, -0.05) is 49.4 Å². The lowest BCUT2D eigenvalue weighted by Gasteiger charge is -2.31. The van der Waals surface area contributed by atoms with Crippen molar-refractivity contribution in [2.24, 2.45) is 0 Å². The van der Waals surface area contributed by atoms with E-state index in [0.717, 1.165) is 23.3 Å². The van der Waals surface area contributed by atoms with Crippen LogP contribution in [0.1, 0.15) is 37.8 Å². The normalized spacial score (nSPS) is 11.6. The molecule has 0 fully saturated rings. The van der Waals surface area contributed by atoms with Crippen molar-refractivity contribution in [1.82, 2.24) is 10.2 Å². The molecule has 6 nitrogen and oxygen atoms in total. The molecule has 0 saturated carbocycles. The van der Waals surface area contributed by atoms with Crippen molar-refractivity contribution >= 4 is 11.8 Å². The van der Waals surface area contributed by atoms with Crippen LogP contribution in [0.5, 0.6) is 5.75 Å². The zero-order valence-corrected chi connectivity index (χ0v) is 18.8. The molecule has 0 aromatic heterocycles. The molecule has 0 bridgehead atoms. The third kappa shape index (κ3) is 8.06. The average molecular weight is 427 g/mol. The minimum absolute atomic E-state index is 0.0544. The fourth-order valence-electron chi connectivity index (χ4n) is 3.33. The third-order valence-electron chi connectivity index (χ3n) is 5.05. The molecule has 6 heteroatoms. The van der Waals surface area contributed by atoms with E-state index in [0.29, 0.717) is 39.1 Å². The summed E-state index contributed by atoms with van der Waals surface area (Å²) < 4.78 is 10.6. The zero-order valence-electron chi connectivity index (χ0n) is 18.8. The Morgan fingerprint density at radius 3 is 2.32 bits per heavy atom. The minimum atomic E-state index is -0.593. The van der Waals surface area contributed by atoms with Crippen LogP contribution in [0.2, 0.25) is 0 Å². The fourth-order valence-corrected chi connectivity index (χ4v) is 3.33. The summed E-state index contributed by atoms with van der Waals surface area (Å²) in [6, 6.07) is 16.8. The summed E-state index contributed by atoms with van der Waals surface area (Å²) >= 11 is 0. The second kappa shape index (κ2) is 13.4. The van der Waals surface area contributed by atoms with Gasteiger partial charge in [0, 0.05) is 39.1 Å². The molecule has 0 aliphatic carbocycles. The molecule has 1 N–H and O–H groups in total. The second-order valence-electron chi connectivity index (χ2n) is 7.27. The second-order valence-corrected chi connectivity index (χ2v) is 7.27. The largest absolute Gasteiger partial charge is 0.497 e. The maximum atomic E-state index is 13.2. The summed E-state index contributed by atoms with van der Waals surface area (Å²) in [5.74, 6) is 0.557. The van der Waals surface area contributed by atoms with Crippen LogP contribution in [-0.2, 0) is 27.3 Å². The molecule has 168 valence electrons. The first-order chi connectivity index (χ1) is 15.1. The molecule has 2 amide bonds. The first-order valence-corrected chi connectivity index (χ1v) is 10.9. The van der Waals surface area contributed by atoms with Crippen LogP contribution in [0.4, 0.5) is 0 Å². The standard InChI is InChI=1S/C25H34N2O4/c1-4-24(28)27(19-21-12-14-22(30-3)15-13-21)23(18-20-10-7-6-8-11-20)25(29)26-16-9-17-31-5-2/h6-8,10-15,23H,4-5,9,16-19H2,1-3H3,(H,26,29). The highest BCUT2D eigenvalue weighted by atomic mass is 16.5. The van der Waals surface area contributed by atoms with Gasteiger partial charge in [0.1, 0.15) is 11.8 Å². The predicted octanol–water partition coefficient (Wildman–Crippen LogP) is 3.59. The smallest absolute Gasteiger partial charge is 0.243 e. The summed E-state index contributed by atoms with van der Waals surface area (Å²) in [5.41, 5.74) is 1.96. The third-order valence-corrected chi connectivity index (χ3v) is 5.05. The lowest BCUT2D eigenvalue weighted by molar-refractivity contribution is -0.141. The van der Waals surface area contributed by atoms with E-state index in [1.54, 1.807) is 12.0 Å². The molecule has 31 heavy (non-hydrogen) atoms. The molecule has 2 aromatic rings. The van der Waals surface area contributed by atoms with Gasteiger partial charge in [-0.15, -0.1) is 0 Å². The molecular weight excluding hydrogens is 392 g/mol. The number of nitrogens with zero attached hydrogens (tertiary/aromatic N) is 1. The summed E-state index contributed by atoms with van der Waals surface area (Å²) in [6.07, 6.45) is 1.52. The number of carbonyl (C=O) groups excluding carboxylic acids is 2. The van der Waals surface area contributed by atoms with Crippen molar-refractivity contribution in [3.63, 3.8) is 0 Å². The van der Waals surface area contributed by atoms with Crippen molar-refractivity contribution < 1.29 is 19.1 Å². The number of hydrogen-bond donors (Lipinski definition) is 1. The van der Waals surface area contributed by atoms with E-state index in [-0.39, 0.29) is 11.8 Å². The Balaban J connectivity index is 2.21. The SMILES string of the molecule is CCOCCCNC(=O)C(Cc1ccccc1)N(Cc1ccc(OC)cc1)C(=O)CC. The number of methoxy groups -OCH3 is 1. The maximum Gasteiger partial charge on any atom is 0.243 e. The van der Waals surface area contributed by atoms with Gasteiger partial charge in [-0.25, -0.2) is 0 Å². The molecule has 0 aliphatic rings. The lowest BCUT2D eigenvalue weighted by Crippen LogP contribution is -2.50. The van der Waals surface area contributed by atoms with Gasteiger partial charge in [-0.2, -0.15) is 0 Å². The number of ether oxygens (including phenoxy) is 2. The lowest BCUT2D eigenvalue weighted by atomic mass is 10.0. The predicted molar refractivity (Wildman–Crippen MR) is 122 cm³/mol. The van der Waals surface area contributed by atoms with Crippen LogP contribution in [0.25, 0.3) is 0 Å². The molecule has 0 saturated heterocycles. The van der Waals surface area contributed by atoms with Crippen molar-refractivity contribution in [3.8, 4) is 5.75 Å². The molecule has 0 aliphatic heterocycles. The topological polar surface area (TPSA) is 67.9 Å². The molecule has 1 atom stereocenters. The molecule has 0 spiro atoms. The Bertz CT molecular complexity index is 793. The molecule has 1 unspecified atom stereocenters. The van der Waals surface area contributed by atoms with E-state index in [1.165, 1.54) is 0 Å². The highest BCUT2D eigenvalue weighted by Crippen LogP contribution is 2.18. The number of carbonyl (C=O) groups is 2. The van der Waals surface area contributed by atoms with Gasteiger partial charge in [0.2, 0.25) is 11.8 Å². The fraction of sp³-hybridized carbons (Fsp3) is 0.440. The van der Waals surface area contributed by atoms with Crippen molar-refractivity contribution in [2.75, 3.05) is 26.9 Å². The van der Waals surface area contributed by atoms with Gasteiger partial charge >= 0.3 is 0 Å². The highest BCUT2D eigenvalue weighted by molar-refractivity contribution is 5.87. The van der Waals surface area contributed by atoms with Gasteiger partial charge in [-0.05, 0) is 36.6 Å². The Hall–Kier alpha value is -2.86. The van der Waals surface area contributed by atoms with Gasteiger partial charge in [0.25, 0.3) is 0 Å². The van der Waals surface area contributed by atoms with Crippen LogP contribution in [0.15, 0.2) is 54.6 Å². The van der Waals surface area contributed by atoms with E-state index in [4.69, 9.17) is 9.47 Å². The monoisotopic (exact) mass is 426 g/mol. The minimum Gasteiger partial charge on any atom is -0.497 e. The summed E-state index contributed by atoms with van der Waals surface area (Å²) in [7, 11) is 1.62. The number of nitrogens with one attached hydrogen (secondary N) is 1. The van der Waals surface area contributed by atoms with Crippen molar-refractivity contribution in [3.05, 3.63) is 65.7 Å². The summed E-state index contributed by atoms with van der Waals surface area (Å²) in [5, 5.41) is 2.99. The Labute approximate surface area is 185 Å². The number of hydrogen-bond acceptors (Lipinski definition) is 4. The first-order valence-electron chi connectivity index (χ1n) is 10.9. The van der Waals surface area contributed by atoms with Gasteiger partial charge in [0.15, 0.2) is 0 Å². The van der Waals surface area contributed by atoms with Gasteiger partial charge < -0.3 is 19.7 Å². The maximum absolute atomic E-state index is 13.2. The number of amides is 2. The number of rotatable bonds is 13. The van der Waals surface area contributed by atoms with Gasteiger partial charge in [0.05, 0.1) is 7.11 Å². The average Bonchev–Trinajstić information content (AvgIpc) is 2.81.